The maximum absolute atomic E-state index is 11.7. The van der Waals surface area contributed by atoms with E-state index in [1.807, 2.05) is 0 Å². The summed E-state index contributed by atoms with van der Waals surface area (Å²) in [6.45, 7) is 5.21. The average molecular weight is 586 g/mol. The summed E-state index contributed by atoms with van der Waals surface area (Å²) in [4.78, 5) is 23.4. The van der Waals surface area contributed by atoms with Crippen LogP contribution in [0.2, 0.25) is 0 Å². The van der Waals surface area contributed by atoms with E-state index in [9.17, 15) is 9.79 Å². The average Bonchev–Trinajstić information content (AvgIpc) is 2.95. The highest BCUT2D eigenvalue weighted by Gasteiger charge is 2.55. The van der Waals surface area contributed by atoms with Gasteiger partial charge in [0.05, 0.1) is 9.79 Å². The molecular formula is C35H70O4P+. The zero-order chi connectivity index (χ0) is 29.0. The summed E-state index contributed by atoms with van der Waals surface area (Å²) in [7, 11) is -4.06. The van der Waals surface area contributed by atoms with Crippen molar-refractivity contribution in [3.63, 3.8) is 0 Å². The molecule has 2 radical (unpaired) electrons. The van der Waals surface area contributed by atoms with E-state index in [1.54, 1.807) is 0 Å². The standard InChI is InChI=1S/C35H70O4P/c1-3-5-7-9-11-13-15-17-19-21-23-25-27-29-31-35(33-38-40(36,37)39-34-35)32-30-28-26-24-22-20-18-16-14-12-10-8-6-4-2/h3-34H2,1-2H3/q+1. The molecule has 1 rings (SSSR count). The van der Waals surface area contributed by atoms with Gasteiger partial charge in [-0.2, -0.15) is 0 Å². The summed E-state index contributed by atoms with van der Waals surface area (Å²) in [5, 5.41) is 0. The van der Waals surface area contributed by atoms with Gasteiger partial charge in [-0.1, -0.05) is 194 Å². The van der Waals surface area contributed by atoms with Crippen LogP contribution in [0.5, 0.6) is 0 Å². The molecule has 0 N–H and O–H groups in total. The maximum Gasteiger partial charge on any atom is 0.645 e. The summed E-state index contributed by atoms with van der Waals surface area (Å²) in [6.07, 6.45) is 40.2. The molecule has 238 valence electrons. The number of rotatable bonds is 30. The Morgan fingerprint density at radius 2 is 0.625 bits per heavy atom. The highest BCUT2D eigenvalue weighted by molar-refractivity contribution is 7.53. The fraction of sp³-hybridized carbons (Fsp3) is 1.00. The van der Waals surface area contributed by atoms with E-state index < -0.39 is 8.17 Å². The molecule has 0 amide bonds. The van der Waals surface area contributed by atoms with Crippen LogP contribution >= 0.6 is 8.17 Å². The normalized spacial score (nSPS) is 16.5. The minimum atomic E-state index is -4.06. The molecule has 0 spiro atoms. The van der Waals surface area contributed by atoms with Crippen molar-refractivity contribution >= 4 is 8.17 Å². The van der Waals surface area contributed by atoms with Gasteiger partial charge < -0.3 is 0 Å². The van der Waals surface area contributed by atoms with Gasteiger partial charge in [-0.05, 0) is 12.8 Å². The van der Waals surface area contributed by atoms with Crippen molar-refractivity contribution in [2.45, 2.75) is 206 Å². The Morgan fingerprint density at radius 3 is 0.875 bits per heavy atom. The van der Waals surface area contributed by atoms with Gasteiger partial charge in [-0.25, -0.2) is 0 Å². The van der Waals surface area contributed by atoms with Crippen LogP contribution < -0.4 is 0 Å². The number of hydrogen-bond donors (Lipinski definition) is 0. The molecule has 0 aromatic rings. The van der Waals surface area contributed by atoms with Crippen molar-refractivity contribution in [3.05, 3.63) is 0 Å². The molecule has 1 aliphatic heterocycles. The topological polar surface area (TPSA) is 58.3 Å². The second-order valence-electron chi connectivity index (χ2n) is 13.2. The smallest absolute Gasteiger partial charge is 0.149 e. The molecule has 40 heavy (non-hydrogen) atoms. The van der Waals surface area contributed by atoms with Gasteiger partial charge in [-0.15, -0.1) is 9.05 Å². The monoisotopic (exact) mass is 586 g/mol. The quantitative estimate of drug-likeness (QED) is 0.0622. The Morgan fingerprint density at radius 1 is 0.400 bits per heavy atom. The zero-order valence-electron chi connectivity index (χ0n) is 27.2. The first-order valence-electron chi connectivity index (χ1n) is 18.1. The third kappa shape index (κ3) is 22.8. The van der Waals surface area contributed by atoms with Gasteiger partial charge in [0, 0.05) is 5.41 Å². The molecule has 4 nitrogen and oxygen atoms in total. The molecule has 0 aliphatic carbocycles. The molecule has 0 aromatic carbocycles. The Balaban J connectivity index is 2.04. The second-order valence-corrected chi connectivity index (χ2v) is 14.6. The first-order chi connectivity index (χ1) is 19.5. The van der Waals surface area contributed by atoms with Crippen molar-refractivity contribution in [2.24, 2.45) is 5.41 Å². The van der Waals surface area contributed by atoms with Gasteiger partial charge >= 0.3 is 8.17 Å². The zero-order valence-corrected chi connectivity index (χ0v) is 28.1. The first kappa shape index (κ1) is 38.3. The number of hydrogen-bond acceptors (Lipinski definition) is 2. The predicted molar refractivity (Wildman–Crippen MR) is 172 cm³/mol. The summed E-state index contributed by atoms with van der Waals surface area (Å²) in [6, 6.07) is 0. The third-order valence-electron chi connectivity index (χ3n) is 9.18. The molecule has 0 atom stereocenters. The Hall–Kier alpha value is 0.270. The largest absolute Gasteiger partial charge is 0.645 e. The van der Waals surface area contributed by atoms with Gasteiger partial charge in [0.2, 0.25) is 0 Å². The van der Waals surface area contributed by atoms with Crippen molar-refractivity contribution in [1.82, 2.24) is 0 Å². The van der Waals surface area contributed by atoms with Crippen LogP contribution in [0.3, 0.4) is 0 Å². The Kier molecular flexibility index (Phi) is 25.7. The number of unbranched alkanes of at least 4 members (excludes halogenated alkanes) is 26. The predicted octanol–water partition coefficient (Wildman–Crippen LogP) is 13.3. The molecule has 1 saturated heterocycles. The lowest BCUT2D eigenvalue weighted by Crippen LogP contribution is -2.36. The Labute approximate surface area is 251 Å². The molecule has 0 bridgehead atoms. The van der Waals surface area contributed by atoms with Crippen LogP contribution in [0.15, 0.2) is 0 Å². The molecule has 1 heterocycles. The van der Waals surface area contributed by atoms with E-state index >= 15 is 0 Å². The van der Waals surface area contributed by atoms with Crippen molar-refractivity contribution in [1.29, 1.82) is 0 Å². The van der Waals surface area contributed by atoms with E-state index in [4.69, 9.17) is 9.05 Å². The minimum Gasteiger partial charge on any atom is -0.149 e. The summed E-state index contributed by atoms with van der Waals surface area (Å²) >= 11 is 0. The highest BCUT2D eigenvalue weighted by atomic mass is 31.2. The summed E-state index contributed by atoms with van der Waals surface area (Å²) in [5.74, 6) is 0. The van der Waals surface area contributed by atoms with Gasteiger partial charge in [0.1, 0.15) is 13.2 Å². The van der Waals surface area contributed by atoms with E-state index in [0.717, 1.165) is 25.7 Å². The van der Waals surface area contributed by atoms with Crippen molar-refractivity contribution < 1.29 is 18.8 Å². The molecule has 0 aromatic heterocycles. The van der Waals surface area contributed by atoms with Gasteiger partial charge in [0.25, 0.3) is 0 Å². The van der Waals surface area contributed by atoms with E-state index in [-0.39, 0.29) is 5.41 Å². The molecular weight excluding hydrogens is 515 g/mol. The van der Waals surface area contributed by atoms with E-state index in [2.05, 4.69) is 13.8 Å². The lowest BCUT2D eigenvalue weighted by molar-refractivity contribution is -0.0518. The van der Waals surface area contributed by atoms with Gasteiger partial charge in [-0.3, -0.25) is 0 Å². The van der Waals surface area contributed by atoms with Crippen LogP contribution in [-0.4, -0.2) is 13.2 Å². The fourth-order valence-corrected chi connectivity index (χ4v) is 7.25. The lowest BCUT2D eigenvalue weighted by atomic mass is 9.79. The Bertz CT molecular complexity index is 484. The van der Waals surface area contributed by atoms with Crippen LogP contribution in [0.25, 0.3) is 0 Å². The second kappa shape index (κ2) is 26.9. The summed E-state index contributed by atoms with van der Waals surface area (Å²) < 4.78 is 10.4. The molecule has 1 fully saturated rings. The van der Waals surface area contributed by atoms with Gasteiger partial charge in [0.15, 0.2) is 0 Å². The molecule has 1 aliphatic rings. The minimum absolute atomic E-state index is 0.105. The third-order valence-corrected chi connectivity index (χ3v) is 10.1. The highest BCUT2D eigenvalue weighted by Crippen LogP contribution is 2.60. The fourth-order valence-electron chi connectivity index (χ4n) is 6.31. The van der Waals surface area contributed by atoms with Crippen LogP contribution in [0, 0.1) is 5.41 Å². The van der Waals surface area contributed by atoms with Crippen molar-refractivity contribution in [2.75, 3.05) is 13.2 Å². The van der Waals surface area contributed by atoms with Crippen LogP contribution in [-0.2, 0) is 18.8 Å². The maximum atomic E-state index is 11.7. The van der Waals surface area contributed by atoms with Crippen LogP contribution in [0.1, 0.15) is 206 Å². The molecule has 0 unspecified atom stereocenters. The van der Waals surface area contributed by atoms with Crippen LogP contribution in [0.4, 0.5) is 0 Å². The van der Waals surface area contributed by atoms with E-state index in [1.165, 1.54) is 167 Å². The first-order valence-corrected chi connectivity index (χ1v) is 19.6. The SMILES string of the molecule is CCCCCCCCCCCCCCCCC1(CCCCCCCCCCCCCCCC)CO[P+]([O])([O])OC1. The molecule has 0 saturated carbocycles. The lowest BCUT2D eigenvalue weighted by Gasteiger charge is -2.34. The summed E-state index contributed by atoms with van der Waals surface area (Å²) in [5.41, 5.74) is -0.105. The molecule has 5 heteroatoms. The van der Waals surface area contributed by atoms with Crippen molar-refractivity contribution in [3.8, 4) is 0 Å². The van der Waals surface area contributed by atoms with E-state index in [0.29, 0.717) is 13.2 Å².